The van der Waals surface area contributed by atoms with Gasteiger partial charge in [-0.2, -0.15) is 5.10 Å². The van der Waals surface area contributed by atoms with Crippen molar-refractivity contribution in [3.8, 4) is 5.75 Å². The van der Waals surface area contributed by atoms with Gasteiger partial charge in [-0.25, -0.2) is 0 Å². The van der Waals surface area contributed by atoms with Gasteiger partial charge in [0.2, 0.25) is 5.91 Å². The molecule has 0 saturated carbocycles. The Balaban J connectivity index is 1.88. The minimum absolute atomic E-state index is 0.125. The SMILES string of the molecule is Cn1cc(CNC(=O)Cc2ccccc2O)cn1. The van der Waals surface area contributed by atoms with Crippen molar-refractivity contribution < 1.29 is 9.90 Å². The van der Waals surface area contributed by atoms with Crippen LogP contribution in [0.2, 0.25) is 0 Å². The normalized spacial score (nSPS) is 10.3. The highest BCUT2D eigenvalue weighted by Gasteiger charge is 2.07. The number of carbonyl (C=O) groups is 1. The molecule has 1 heterocycles. The van der Waals surface area contributed by atoms with Gasteiger partial charge in [0.1, 0.15) is 5.75 Å². The maximum absolute atomic E-state index is 11.7. The Hall–Kier alpha value is -2.30. The van der Waals surface area contributed by atoms with Crippen LogP contribution in [0.15, 0.2) is 36.7 Å². The Kier molecular flexibility index (Phi) is 3.62. The lowest BCUT2D eigenvalue weighted by molar-refractivity contribution is -0.120. The molecule has 94 valence electrons. The Morgan fingerprint density at radius 1 is 1.44 bits per heavy atom. The summed E-state index contributed by atoms with van der Waals surface area (Å²) in [7, 11) is 1.83. The summed E-state index contributed by atoms with van der Waals surface area (Å²) in [6.07, 6.45) is 3.73. The molecule has 0 bridgehead atoms. The number of hydrogen-bond donors (Lipinski definition) is 2. The van der Waals surface area contributed by atoms with Crippen LogP contribution in [0.1, 0.15) is 11.1 Å². The summed E-state index contributed by atoms with van der Waals surface area (Å²) in [5.41, 5.74) is 1.57. The lowest BCUT2D eigenvalue weighted by atomic mass is 10.1. The van der Waals surface area contributed by atoms with Crippen molar-refractivity contribution in [2.45, 2.75) is 13.0 Å². The van der Waals surface area contributed by atoms with Crippen LogP contribution in [0.4, 0.5) is 0 Å². The molecule has 2 rings (SSSR count). The second kappa shape index (κ2) is 5.35. The standard InChI is InChI=1S/C13H15N3O2/c1-16-9-10(8-15-16)7-14-13(18)6-11-4-2-3-5-12(11)17/h2-5,8-9,17H,6-7H2,1H3,(H,14,18). The van der Waals surface area contributed by atoms with E-state index in [1.54, 1.807) is 35.1 Å². The van der Waals surface area contributed by atoms with E-state index in [9.17, 15) is 9.90 Å². The number of para-hydroxylation sites is 1. The van der Waals surface area contributed by atoms with Crippen molar-refractivity contribution in [2.24, 2.45) is 7.05 Å². The largest absolute Gasteiger partial charge is 0.508 e. The molecule has 2 aromatic rings. The Morgan fingerprint density at radius 2 is 2.22 bits per heavy atom. The minimum Gasteiger partial charge on any atom is -0.508 e. The number of nitrogens with zero attached hydrogens (tertiary/aromatic N) is 2. The first kappa shape index (κ1) is 12.2. The van der Waals surface area contributed by atoms with Crippen LogP contribution in [0.3, 0.4) is 0 Å². The van der Waals surface area contributed by atoms with Gasteiger partial charge in [-0.3, -0.25) is 9.48 Å². The highest BCUT2D eigenvalue weighted by molar-refractivity contribution is 5.79. The zero-order chi connectivity index (χ0) is 13.0. The molecule has 0 spiro atoms. The number of hydrogen-bond acceptors (Lipinski definition) is 3. The van der Waals surface area contributed by atoms with Gasteiger partial charge in [-0.05, 0) is 6.07 Å². The Bertz CT molecular complexity index is 549. The summed E-state index contributed by atoms with van der Waals surface area (Å²) in [4.78, 5) is 11.7. The number of aromatic nitrogens is 2. The first-order valence-corrected chi connectivity index (χ1v) is 5.66. The Labute approximate surface area is 105 Å². The summed E-state index contributed by atoms with van der Waals surface area (Å²) < 4.78 is 1.69. The van der Waals surface area contributed by atoms with Crippen molar-refractivity contribution in [1.82, 2.24) is 15.1 Å². The predicted octanol–water partition coefficient (Wildman–Crippen LogP) is 0.985. The van der Waals surface area contributed by atoms with E-state index in [0.29, 0.717) is 12.1 Å². The molecule has 0 atom stereocenters. The molecule has 0 aliphatic carbocycles. The molecule has 2 N–H and O–H groups in total. The van der Waals surface area contributed by atoms with E-state index in [1.165, 1.54) is 0 Å². The number of phenols is 1. The van der Waals surface area contributed by atoms with Gasteiger partial charge in [-0.15, -0.1) is 0 Å². The number of rotatable bonds is 4. The van der Waals surface area contributed by atoms with Gasteiger partial charge in [-0.1, -0.05) is 18.2 Å². The number of amides is 1. The first-order valence-electron chi connectivity index (χ1n) is 5.66. The molecule has 18 heavy (non-hydrogen) atoms. The van der Waals surface area contributed by atoms with E-state index >= 15 is 0 Å². The summed E-state index contributed by atoms with van der Waals surface area (Å²) in [6.45, 7) is 0.445. The molecule has 5 nitrogen and oxygen atoms in total. The third kappa shape index (κ3) is 3.10. The summed E-state index contributed by atoms with van der Waals surface area (Å²) in [5.74, 6) is 0.0226. The topological polar surface area (TPSA) is 67.2 Å². The third-order valence-electron chi connectivity index (χ3n) is 2.59. The molecule has 0 saturated heterocycles. The first-order chi connectivity index (χ1) is 8.65. The van der Waals surface area contributed by atoms with E-state index in [-0.39, 0.29) is 18.1 Å². The van der Waals surface area contributed by atoms with Crippen molar-refractivity contribution >= 4 is 5.91 Å². The van der Waals surface area contributed by atoms with Crippen LogP contribution in [-0.4, -0.2) is 20.8 Å². The highest BCUT2D eigenvalue weighted by Crippen LogP contribution is 2.15. The zero-order valence-corrected chi connectivity index (χ0v) is 10.1. The van der Waals surface area contributed by atoms with Gasteiger partial charge in [0.15, 0.2) is 0 Å². The van der Waals surface area contributed by atoms with E-state index in [1.807, 2.05) is 13.2 Å². The zero-order valence-electron chi connectivity index (χ0n) is 10.1. The number of carbonyl (C=O) groups excluding carboxylic acids is 1. The molecular formula is C13H15N3O2. The van der Waals surface area contributed by atoms with E-state index in [0.717, 1.165) is 5.56 Å². The second-order valence-corrected chi connectivity index (χ2v) is 4.10. The molecule has 1 amide bonds. The smallest absolute Gasteiger partial charge is 0.224 e. The fourth-order valence-corrected chi connectivity index (χ4v) is 1.66. The average Bonchev–Trinajstić information content (AvgIpc) is 2.76. The van der Waals surface area contributed by atoms with Crippen LogP contribution in [-0.2, 0) is 24.8 Å². The lowest BCUT2D eigenvalue weighted by Gasteiger charge is -2.05. The number of benzene rings is 1. The number of aromatic hydroxyl groups is 1. The van der Waals surface area contributed by atoms with Gasteiger partial charge in [0.25, 0.3) is 0 Å². The molecule has 0 aliphatic heterocycles. The lowest BCUT2D eigenvalue weighted by Crippen LogP contribution is -2.24. The predicted molar refractivity (Wildman–Crippen MR) is 66.9 cm³/mol. The maximum Gasteiger partial charge on any atom is 0.224 e. The number of aryl methyl sites for hydroxylation is 1. The molecule has 1 aromatic heterocycles. The van der Waals surface area contributed by atoms with E-state index in [2.05, 4.69) is 10.4 Å². The summed E-state index contributed by atoms with van der Waals surface area (Å²) >= 11 is 0. The van der Waals surface area contributed by atoms with Crippen molar-refractivity contribution in [2.75, 3.05) is 0 Å². The fourth-order valence-electron chi connectivity index (χ4n) is 1.66. The molecule has 0 fully saturated rings. The molecule has 1 aromatic carbocycles. The van der Waals surface area contributed by atoms with Crippen LogP contribution in [0.25, 0.3) is 0 Å². The quantitative estimate of drug-likeness (QED) is 0.844. The summed E-state index contributed by atoms with van der Waals surface area (Å²) in [5, 5.41) is 16.4. The molecule has 0 aliphatic rings. The summed E-state index contributed by atoms with van der Waals surface area (Å²) in [6, 6.07) is 6.83. The van der Waals surface area contributed by atoms with Gasteiger partial charge in [0, 0.05) is 30.9 Å². The monoisotopic (exact) mass is 245 g/mol. The van der Waals surface area contributed by atoms with Crippen molar-refractivity contribution in [1.29, 1.82) is 0 Å². The van der Waals surface area contributed by atoms with Crippen LogP contribution in [0, 0.1) is 0 Å². The molecular weight excluding hydrogens is 230 g/mol. The molecule has 0 radical (unpaired) electrons. The maximum atomic E-state index is 11.7. The average molecular weight is 245 g/mol. The Morgan fingerprint density at radius 3 is 2.89 bits per heavy atom. The molecule has 5 heteroatoms. The van der Waals surface area contributed by atoms with Crippen LogP contribution >= 0.6 is 0 Å². The van der Waals surface area contributed by atoms with E-state index in [4.69, 9.17) is 0 Å². The molecule has 0 unspecified atom stereocenters. The van der Waals surface area contributed by atoms with E-state index < -0.39 is 0 Å². The van der Waals surface area contributed by atoms with Gasteiger partial charge < -0.3 is 10.4 Å². The van der Waals surface area contributed by atoms with Gasteiger partial charge in [0.05, 0.1) is 12.6 Å². The van der Waals surface area contributed by atoms with Crippen molar-refractivity contribution in [3.05, 3.63) is 47.8 Å². The second-order valence-electron chi connectivity index (χ2n) is 4.10. The van der Waals surface area contributed by atoms with Crippen LogP contribution < -0.4 is 5.32 Å². The number of nitrogens with one attached hydrogen (secondary N) is 1. The van der Waals surface area contributed by atoms with Crippen LogP contribution in [0.5, 0.6) is 5.75 Å². The minimum atomic E-state index is -0.125. The van der Waals surface area contributed by atoms with Crippen molar-refractivity contribution in [3.63, 3.8) is 0 Å². The highest BCUT2D eigenvalue weighted by atomic mass is 16.3. The van der Waals surface area contributed by atoms with Gasteiger partial charge >= 0.3 is 0 Å². The number of phenolic OH excluding ortho intramolecular Hbond substituents is 1. The third-order valence-corrected chi connectivity index (χ3v) is 2.59. The fraction of sp³-hybridized carbons (Fsp3) is 0.231.